The molecular formula is C18H16ClN3O3S. The number of benzene rings is 2. The van der Waals surface area contributed by atoms with Crippen LogP contribution in [-0.2, 0) is 4.79 Å². The molecule has 3 N–H and O–H groups in total. The van der Waals surface area contributed by atoms with Gasteiger partial charge in [-0.1, -0.05) is 29.8 Å². The van der Waals surface area contributed by atoms with Crippen molar-refractivity contribution in [3.05, 3.63) is 70.8 Å². The minimum absolute atomic E-state index is 0.0373. The summed E-state index contributed by atoms with van der Waals surface area (Å²) in [6.45, 7) is 0. The number of thiocarbonyl (C=S) groups is 1. The van der Waals surface area contributed by atoms with Crippen LogP contribution in [0.3, 0.4) is 0 Å². The summed E-state index contributed by atoms with van der Waals surface area (Å²) in [5, 5.41) is 2.82. The highest BCUT2D eigenvalue weighted by molar-refractivity contribution is 7.80. The third-order valence-corrected chi connectivity index (χ3v) is 3.60. The Labute approximate surface area is 161 Å². The van der Waals surface area contributed by atoms with Crippen molar-refractivity contribution in [3.63, 3.8) is 0 Å². The number of halogens is 1. The van der Waals surface area contributed by atoms with Gasteiger partial charge in [-0.25, -0.2) is 0 Å². The maximum atomic E-state index is 11.9. The number of hydrogen-bond donors (Lipinski definition) is 3. The van der Waals surface area contributed by atoms with Gasteiger partial charge in [-0.05, 0) is 54.2 Å². The largest absolute Gasteiger partial charge is 0.497 e. The minimum atomic E-state index is -0.435. The van der Waals surface area contributed by atoms with Gasteiger partial charge in [0.1, 0.15) is 5.75 Å². The third-order valence-electron chi connectivity index (χ3n) is 3.16. The Bertz CT molecular complexity index is 838. The molecule has 0 aliphatic heterocycles. The predicted octanol–water partition coefficient (Wildman–Crippen LogP) is 2.70. The molecule has 0 atom stereocenters. The fourth-order valence-corrected chi connectivity index (χ4v) is 2.23. The molecule has 0 bridgehead atoms. The summed E-state index contributed by atoms with van der Waals surface area (Å²) < 4.78 is 5.06. The molecule has 0 aliphatic carbocycles. The third kappa shape index (κ3) is 6.19. The van der Waals surface area contributed by atoms with Crippen molar-refractivity contribution in [1.82, 2.24) is 16.2 Å². The van der Waals surface area contributed by atoms with E-state index < -0.39 is 11.8 Å². The zero-order valence-corrected chi connectivity index (χ0v) is 15.4. The van der Waals surface area contributed by atoms with Gasteiger partial charge in [0.25, 0.3) is 5.91 Å². The van der Waals surface area contributed by atoms with E-state index >= 15 is 0 Å². The monoisotopic (exact) mass is 389 g/mol. The smallest absolute Gasteiger partial charge is 0.269 e. The fraction of sp³-hybridized carbons (Fsp3) is 0.0556. The van der Waals surface area contributed by atoms with Crippen LogP contribution in [0.1, 0.15) is 15.9 Å². The van der Waals surface area contributed by atoms with E-state index in [2.05, 4.69) is 16.2 Å². The minimum Gasteiger partial charge on any atom is -0.497 e. The number of methoxy groups -OCH3 is 1. The number of nitrogens with one attached hydrogen (secondary N) is 3. The lowest BCUT2D eigenvalue weighted by molar-refractivity contribution is -0.115. The molecule has 2 aromatic rings. The van der Waals surface area contributed by atoms with Crippen molar-refractivity contribution >= 4 is 46.8 Å². The normalized spacial score (nSPS) is 10.2. The van der Waals surface area contributed by atoms with E-state index in [1.165, 1.54) is 12.1 Å². The maximum Gasteiger partial charge on any atom is 0.269 e. The molecule has 0 saturated carbocycles. The van der Waals surface area contributed by atoms with Crippen LogP contribution < -0.4 is 20.9 Å². The summed E-state index contributed by atoms with van der Waals surface area (Å²) in [7, 11) is 1.58. The molecule has 0 saturated heterocycles. The van der Waals surface area contributed by atoms with Gasteiger partial charge in [-0.3, -0.25) is 25.8 Å². The van der Waals surface area contributed by atoms with Crippen LogP contribution in [0.4, 0.5) is 0 Å². The highest BCUT2D eigenvalue weighted by Crippen LogP contribution is 2.12. The average molecular weight is 390 g/mol. The second-order valence-corrected chi connectivity index (χ2v) is 5.86. The second kappa shape index (κ2) is 9.55. The Morgan fingerprint density at radius 1 is 1.12 bits per heavy atom. The van der Waals surface area contributed by atoms with Gasteiger partial charge in [0.05, 0.1) is 7.11 Å². The molecule has 0 aromatic heterocycles. The van der Waals surface area contributed by atoms with Crippen molar-refractivity contribution in [2.24, 2.45) is 0 Å². The van der Waals surface area contributed by atoms with Crippen molar-refractivity contribution in [1.29, 1.82) is 0 Å². The lowest BCUT2D eigenvalue weighted by Crippen LogP contribution is -2.48. The number of hydrazine groups is 1. The van der Waals surface area contributed by atoms with Crippen LogP contribution in [0, 0.1) is 0 Å². The molecule has 0 spiro atoms. The zero-order chi connectivity index (χ0) is 18.9. The second-order valence-electron chi connectivity index (χ2n) is 5.01. The number of hydrogen-bond acceptors (Lipinski definition) is 4. The Morgan fingerprint density at radius 3 is 2.50 bits per heavy atom. The molecule has 0 unspecified atom stereocenters. The Hall–Kier alpha value is -2.90. The predicted molar refractivity (Wildman–Crippen MR) is 105 cm³/mol. The maximum absolute atomic E-state index is 11.9. The van der Waals surface area contributed by atoms with Crippen molar-refractivity contribution in [3.8, 4) is 5.75 Å². The first-order valence-electron chi connectivity index (χ1n) is 7.47. The van der Waals surface area contributed by atoms with Crippen LogP contribution >= 0.6 is 23.8 Å². The van der Waals surface area contributed by atoms with Crippen LogP contribution in [0.5, 0.6) is 5.75 Å². The first-order valence-corrected chi connectivity index (χ1v) is 8.25. The van der Waals surface area contributed by atoms with Gasteiger partial charge < -0.3 is 4.74 Å². The number of carbonyl (C=O) groups is 2. The summed E-state index contributed by atoms with van der Waals surface area (Å²) in [6.07, 6.45) is 2.95. The topological polar surface area (TPSA) is 79.5 Å². The van der Waals surface area contributed by atoms with Crippen LogP contribution in [0.25, 0.3) is 6.08 Å². The van der Waals surface area contributed by atoms with Crippen LogP contribution in [-0.4, -0.2) is 24.0 Å². The quantitative estimate of drug-likeness (QED) is 0.425. The highest BCUT2D eigenvalue weighted by Gasteiger charge is 2.07. The molecular weight excluding hydrogens is 374 g/mol. The molecule has 2 aromatic carbocycles. The van der Waals surface area contributed by atoms with E-state index in [-0.39, 0.29) is 5.11 Å². The lowest BCUT2D eigenvalue weighted by atomic mass is 10.2. The fourth-order valence-electron chi connectivity index (χ4n) is 1.89. The van der Waals surface area contributed by atoms with Gasteiger partial charge >= 0.3 is 0 Å². The van der Waals surface area contributed by atoms with E-state index in [4.69, 9.17) is 28.6 Å². The van der Waals surface area contributed by atoms with E-state index in [1.807, 2.05) is 12.1 Å². The molecule has 0 fully saturated rings. The Morgan fingerprint density at radius 2 is 1.85 bits per heavy atom. The van der Waals surface area contributed by atoms with Crippen molar-refractivity contribution < 1.29 is 14.3 Å². The van der Waals surface area contributed by atoms with Gasteiger partial charge in [0, 0.05) is 16.7 Å². The molecule has 0 heterocycles. The standard InChI is InChI=1S/C18H16ClN3O3S/c1-25-15-8-5-12(6-9-15)7-10-16(23)20-18(26)22-21-17(24)13-3-2-4-14(19)11-13/h2-11H,1H3,(H,21,24)(H2,20,22,23,26). The number of carbonyl (C=O) groups excluding carboxylic acids is 2. The van der Waals surface area contributed by atoms with Gasteiger partial charge in [0.2, 0.25) is 5.91 Å². The van der Waals surface area contributed by atoms with Crippen LogP contribution in [0.15, 0.2) is 54.6 Å². The SMILES string of the molecule is COc1ccc(C=CC(=O)NC(=S)NNC(=O)c2cccc(Cl)c2)cc1. The Kier molecular flexibility index (Phi) is 7.13. The van der Waals surface area contributed by atoms with Gasteiger partial charge in [-0.2, -0.15) is 0 Å². The highest BCUT2D eigenvalue weighted by atomic mass is 35.5. The summed E-state index contributed by atoms with van der Waals surface area (Å²) >= 11 is 10.8. The number of ether oxygens (including phenoxy) is 1. The van der Waals surface area contributed by atoms with E-state index in [1.54, 1.807) is 43.5 Å². The number of rotatable bonds is 4. The van der Waals surface area contributed by atoms with Gasteiger partial charge in [0.15, 0.2) is 5.11 Å². The van der Waals surface area contributed by atoms with Crippen molar-refractivity contribution in [2.75, 3.05) is 7.11 Å². The lowest BCUT2D eigenvalue weighted by Gasteiger charge is -2.09. The molecule has 0 radical (unpaired) electrons. The number of amides is 2. The summed E-state index contributed by atoms with van der Waals surface area (Å²) in [4.78, 5) is 23.8. The molecule has 6 nitrogen and oxygen atoms in total. The van der Waals surface area contributed by atoms with E-state index in [0.29, 0.717) is 10.6 Å². The summed E-state index contributed by atoms with van der Waals surface area (Å²) in [6, 6.07) is 13.6. The van der Waals surface area contributed by atoms with Crippen molar-refractivity contribution in [2.45, 2.75) is 0 Å². The molecule has 2 rings (SSSR count). The summed E-state index contributed by atoms with van der Waals surface area (Å²) in [5.74, 6) is -0.138. The Balaban J connectivity index is 1.80. The van der Waals surface area contributed by atoms with E-state index in [9.17, 15) is 9.59 Å². The molecule has 134 valence electrons. The molecule has 8 heteroatoms. The zero-order valence-electron chi connectivity index (χ0n) is 13.8. The summed E-state index contributed by atoms with van der Waals surface area (Å²) in [5.41, 5.74) is 6.01. The first kappa shape index (κ1) is 19.4. The van der Waals surface area contributed by atoms with Gasteiger partial charge in [-0.15, -0.1) is 0 Å². The molecule has 26 heavy (non-hydrogen) atoms. The van der Waals surface area contributed by atoms with Crippen LogP contribution in [0.2, 0.25) is 5.02 Å². The molecule has 0 aliphatic rings. The molecule has 2 amide bonds. The first-order chi connectivity index (χ1) is 12.5. The van der Waals surface area contributed by atoms with E-state index in [0.717, 1.165) is 11.3 Å². The average Bonchev–Trinajstić information content (AvgIpc) is 2.65.